The minimum absolute atomic E-state index is 0.0400. The van der Waals surface area contributed by atoms with Crippen molar-refractivity contribution in [3.63, 3.8) is 0 Å². The van der Waals surface area contributed by atoms with Crippen LogP contribution in [-0.2, 0) is 14.3 Å². The normalized spacial score (nSPS) is 11.6. The number of hydrogen-bond donors (Lipinski definition) is 3. The molecule has 3 N–H and O–H groups in total. The smallest absolute Gasteiger partial charge is 0.338 e. The van der Waals surface area contributed by atoms with Gasteiger partial charge in [0.05, 0.1) is 24.5 Å². The van der Waals surface area contributed by atoms with Gasteiger partial charge in [-0.1, -0.05) is 49.7 Å². The Morgan fingerprint density at radius 3 is 2.28 bits per heavy atom. The fraction of sp³-hybridized carbons (Fsp3) is 0.189. The fourth-order valence-electron chi connectivity index (χ4n) is 4.27. The van der Waals surface area contributed by atoms with Crippen molar-refractivity contribution in [1.82, 2.24) is 5.32 Å². The first-order valence-electron chi connectivity index (χ1n) is 15.1. The molecule has 0 aliphatic rings. The van der Waals surface area contributed by atoms with Crippen molar-refractivity contribution in [1.29, 1.82) is 0 Å². The molecule has 4 aromatic carbocycles. The molecule has 9 nitrogen and oxygen atoms in total. The number of carbonyl (C=O) groups excluding carboxylic acids is 4. The highest BCUT2D eigenvalue weighted by molar-refractivity contribution is 8.00. The molecule has 0 fully saturated rings. The second-order valence-electron chi connectivity index (χ2n) is 10.5. The zero-order chi connectivity index (χ0) is 33.6. The number of methoxy groups -OCH3 is 1. The van der Waals surface area contributed by atoms with Crippen LogP contribution in [0.25, 0.3) is 6.08 Å². The van der Waals surface area contributed by atoms with Gasteiger partial charge in [-0.25, -0.2) is 4.79 Å². The van der Waals surface area contributed by atoms with Crippen molar-refractivity contribution in [2.24, 2.45) is 0 Å². The molecule has 0 radical (unpaired) electrons. The molecule has 47 heavy (non-hydrogen) atoms. The molecular weight excluding hydrogens is 614 g/mol. The first kappa shape index (κ1) is 34.5. The molecule has 10 heteroatoms. The van der Waals surface area contributed by atoms with Crippen molar-refractivity contribution >= 4 is 52.9 Å². The van der Waals surface area contributed by atoms with Crippen LogP contribution < -0.4 is 20.7 Å². The fourth-order valence-corrected chi connectivity index (χ4v) is 5.20. The number of carbonyl (C=O) groups is 4. The molecule has 1 atom stereocenters. The Balaban J connectivity index is 1.41. The van der Waals surface area contributed by atoms with E-state index in [1.54, 1.807) is 117 Å². The highest BCUT2D eigenvalue weighted by atomic mass is 32.2. The van der Waals surface area contributed by atoms with Gasteiger partial charge in [-0.05, 0) is 91.7 Å². The van der Waals surface area contributed by atoms with Gasteiger partial charge in [0.25, 0.3) is 11.8 Å². The zero-order valence-electron chi connectivity index (χ0n) is 26.4. The summed E-state index contributed by atoms with van der Waals surface area (Å²) in [7, 11) is 1.55. The SMILES string of the molecule is CCCCOC(=O)c1ccc(NC(=O)C(C)Sc2cccc(NC(=O)/C(=C/c3cccc(OC)c3)NC(=O)c3ccccc3)c2)cc1. The van der Waals surface area contributed by atoms with Gasteiger partial charge in [0.1, 0.15) is 11.4 Å². The van der Waals surface area contributed by atoms with E-state index in [-0.39, 0.29) is 11.6 Å². The second kappa shape index (κ2) is 17.4. The summed E-state index contributed by atoms with van der Waals surface area (Å²) in [4.78, 5) is 52.3. The molecule has 3 amide bonds. The Kier molecular flexibility index (Phi) is 12.8. The van der Waals surface area contributed by atoms with E-state index in [0.29, 0.717) is 40.4 Å². The van der Waals surface area contributed by atoms with Crippen molar-refractivity contribution in [3.8, 4) is 5.75 Å². The molecule has 242 valence electrons. The van der Waals surface area contributed by atoms with Gasteiger partial charge >= 0.3 is 5.97 Å². The van der Waals surface area contributed by atoms with Crippen LogP contribution in [0.4, 0.5) is 11.4 Å². The highest BCUT2D eigenvalue weighted by Gasteiger charge is 2.18. The maximum Gasteiger partial charge on any atom is 0.338 e. The Morgan fingerprint density at radius 1 is 0.809 bits per heavy atom. The summed E-state index contributed by atoms with van der Waals surface area (Å²) in [5, 5.41) is 7.97. The van der Waals surface area contributed by atoms with Crippen molar-refractivity contribution in [2.75, 3.05) is 24.4 Å². The molecule has 1 unspecified atom stereocenters. The zero-order valence-corrected chi connectivity index (χ0v) is 27.3. The Labute approximate surface area is 278 Å². The van der Waals surface area contributed by atoms with Gasteiger partial charge in [0.15, 0.2) is 0 Å². The third-order valence-electron chi connectivity index (χ3n) is 6.83. The second-order valence-corrected chi connectivity index (χ2v) is 11.9. The average Bonchev–Trinajstić information content (AvgIpc) is 3.09. The third kappa shape index (κ3) is 10.6. The molecular formula is C37H37N3O6S. The molecule has 4 rings (SSSR count). The van der Waals surface area contributed by atoms with E-state index in [0.717, 1.165) is 17.7 Å². The highest BCUT2D eigenvalue weighted by Crippen LogP contribution is 2.27. The van der Waals surface area contributed by atoms with Crippen LogP contribution in [0.5, 0.6) is 5.75 Å². The largest absolute Gasteiger partial charge is 0.497 e. The number of thioether (sulfide) groups is 1. The summed E-state index contributed by atoms with van der Waals surface area (Å²) in [6.45, 7) is 4.17. The van der Waals surface area contributed by atoms with Crippen LogP contribution in [0.1, 0.15) is 53.0 Å². The Morgan fingerprint density at radius 2 is 1.55 bits per heavy atom. The van der Waals surface area contributed by atoms with Crippen LogP contribution in [0, 0.1) is 0 Å². The predicted octanol–water partition coefficient (Wildman–Crippen LogP) is 7.18. The van der Waals surface area contributed by atoms with Crippen LogP contribution >= 0.6 is 11.8 Å². The summed E-state index contributed by atoms with van der Waals surface area (Å²) in [5.74, 6) is -0.970. The standard InChI is InChI=1S/C37H37N3O6S/c1-4-5-21-46-37(44)28-17-19-29(20-18-28)38-34(41)25(2)47-32-16-10-14-30(24-32)39-36(43)33(23-26-11-9-15-31(22-26)45-3)40-35(42)27-12-7-6-8-13-27/h6-20,22-25H,4-5,21H2,1-3H3,(H,38,41)(H,39,43)(H,40,42)/b33-23-. The first-order chi connectivity index (χ1) is 22.7. The maximum absolute atomic E-state index is 13.5. The van der Waals surface area contributed by atoms with Gasteiger partial charge in [-0.15, -0.1) is 11.8 Å². The van der Waals surface area contributed by atoms with Crippen molar-refractivity contribution in [2.45, 2.75) is 36.8 Å². The number of rotatable bonds is 14. The molecule has 0 spiro atoms. The minimum Gasteiger partial charge on any atom is -0.497 e. The first-order valence-corrected chi connectivity index (χ1v) is 16.0. The lowest BCUT2D eigenvalue weighted by Crippen LogP contribution is -2.30. The summed E-state index contributed by atoms with van der Waals surface area (Å²) < 4.78 is 10.5. The third-order valence-corrected chi connectivity index (χ3v) is 7.92. The Bertz CT molecular complexity index is 1720. The Hall–Kier alpha value is -5.35. The molecule has 0 aliphatic carbocycles. The molecule has 0 aliphatic heterocycles. The van der Waals surface area contributed by atoms with E-state index in [4.69, 9.17) is 9.47 Å². The number of esters is 1. The average molecular weight is 652 g/mol. The van der Waals surface area contributed by atoms with Gasteiger partial charge in [-0.3, -0.25) is 14.4 Å². The van der Waals surface area contributed by atoms with Gasteiger partial charge in [-0.2, -0.15) is 0 Å². The lowest BCUT2D eigenvalue weighted by molar-refractivity contribution is -0.115. The van der Waals surface area contributed by atoms with Gasteiger partial charge < -0.3 is 25.4 Å². The molecule has 4 aromatic rings. The molecule has 0 bridgehead atoms. The number of amides is 3. The van der Waals surface area contributed by atoms with Gasteiger partial charge in [0, 0.05) is 21.8 Å². The van der Waals surface area contributed by atoms with Crippen LogP contribution in [0.15, 0.2) is 114 Å². The van der Waals surface area contributed by atoms with E-state index >= 15 is 0 Å². The van der Waals surface area contributed by atoms with E-state index < -0.39 is 23.0 Å². The number of ether oxygens (including phenoxy) is 2. The van der Waals surface area contributed by atoms with Crippen molar-refractivity contribution in [3.05, 3.63) is 126 Å². The van der Waals surface area contributed by atoms with Crippen molar-refractivity contribution < 1.29 is 28.7 Å². The lowest BCUT2D eigenvalue weighted by Gasteiger charge is -2.14. The molecule has 0 saturated heterocycles. The molecule has 0 heterocycles. The monoisotopic (exact) mass is 651 g/mol. The lowest BCUT2D eigenvalue weighted by atomic mass is 10.1. The van der Waals surface area contributed by atoms with E-state index in [1.165, 1.54) is 11.8 Å². The molecule has 0 aromatic heterocycles. The summed E-state index contributed by atoms with van der Waals surface area (Å²) in [6, 6.07) is 29.4. The molecule has 0 saturated carbocycles. The minimum atomic E-state index is -0.525. The van der Waals surface area contributed by atoms with Crippen LogP contribution in [0.3, 0.4) is 0 Å². The predicted molar refractivity (Wildman–Crippen MR) is 186 cm³/mol. The summed E-state index contributed by atoms with van der Waals surface area (Å²) in [6.07, 6.45) is 3.32. The van der Waals surface area contributed by atoms with E-state index in [9.17, 15) is 19.2 Å². The topological polar surface area (TPSA) is 123 Å². The van der Waals surface area contributed by atoms with E-state index in [2.05, 4.69) is 16.0 Å². The van der Waals surface area contributed by atoms with E-state index in [1.807, 2.05) is 13.0 Å². The number of benzene rings is 4. The summed E-state index contributed by atoms with van der Waals surface area (Å²) in [5.41, 5.74) is 2.57. The number of anilines is 2. The quantitative estimate of drug-likeness (QED) is 0.0571. The van der Waals surface area contributed by atoms with Gasteiger partial charge in [0.2, 0.25) is 5.91 Å². The maximum atomic E-state index is 13.5. The summed E-state index contributed by atoms with van der Waals surface area (Å²) >= 11 is 1.32. The number of hydrogen-bond acceptors (Lipinski definition) is 7. The number of nitrogens with one attached hydrogen (secondary N) is 3. The van der Waals surface area contributed by atoms with Crippen LogP contribution in [-0.4, -0.2) is 42.7 Å². The van der Waals surface area contributed by atoms with Crippen LogP contribution in [0.2, 0.25) is 0 Å². The number of unbranched alkanes of at least 4 members (excludes halogenated alkanes) is 1.